The molecule has 0 saturated carbocycles. The summed E-state index contributed by atoms with van der Waals surface area (Å²) in [7, 11) is -3.40. The van der Waals surface area contributed by atoms with Crippen LogP contribution in [-0.2, 0) is 0 Å². The lowest BCUT2D eigenvalue weighted by Crippen LogP contribution is -2.56. The maximum Gasteiger partial charge on any atom is 0.181 e. The second-order valence-corrected chi connectivity index (χ2v) is 21.2. The lowest BCUT2D eigenvalue weighted by molar-refractivity contribution is 0.462. The average molecular weight is 494 g/mol. The molecule has 0 aliphatic rings. The molecular weight excluding hydrogens is 443 g/mol. The Morgan fingerprint density at radius 2 is 1.24 bits per heavy atom. The first-order valence-electron chi connectivity index (χ1n) is 13.6. The number of hydrogen-bond acceptors (Lipinski definition) is 1. The van der Waals surface area contributed by atoms with Crippen molar-refractivity contribution in [3.05, 3.63) is 72.4 Å². The van der Waals surface area contributed by atoms with Crippen LogP contribution in [0.2, 0.25) is 32.2 Å². The Hall–Kier alpha value is -1.59. The second-order valence-electron chi connectivity index (χ2n) is 12.2. The molecule has 3 heteroatoms. The molecule has 2 aromatic rings. The minimum atomic E-state index is -1.81. The van der Waals surface area contributed by atoms with Gasteiger partial charge in [0, 0.05) is 6.54 Å². The summed E-state index contributed by atoms with van der Waals surface area (Å²) in [5, 5.41) is 3.09. The van der Waals surface area contributed by atoms with Gasteiger partial charge in [0.2, 0.25) is 0 Å². The smallest absolute Gasteiger partial charge is 0.181 e. The number of allylic oxidation sites excluding steroid dienone is 1. The molecule has 0 unspecified atom stereocenters. The highest BCUT2D eigenvalue weighted by Crippen LogP contribution is 2.34. The van der Waals surface area contributed by atoms with Crippen molar-refractivity contribution in [1.82, 2.24) is 4.57 Å². The Balaban J connectivity index is 2.36. The predicted molar refractivity (Wildman–Crippen MR) is 160 cm³/mol. The molecule has 0 spiro atoms. The number of nitrogens with zero attached hydrogens (tertiary/aromatic N) is 1. The Kier molecular flexibility index (Phi) is 10.9. The van der Waals surface area contributed by atoms with Gasteiger partial charge in [-0.3, -0.25) is 0 Å². The van der Waals surface area contributed by atoms with Gasteiger partial charge in [0.25, 0.3) is 0 Å². The van der Waals surface area contributed by atoms with Crippen molar-refractivity contribution in [2.75, 3.05) is 6.54 Å². The first-order valence-corrected chi connectivity index (χ1v) is 19.7. The molecule has 0 bridgehead atoms. The summed E-state index contributed by atoms with van der Waals surface area (Å²) in [5.74, 6) is 0. The summed E-state index contributed by atoms with van der Waals surface area (Å²) in [6, 6.07) is 23.8. The molecule has 0 radical (unpaired) electrons. The molecule has 0 heterocycles. The van der Waals surface area contributed by atoms with Crippen LogP contribution in [0.1, 0.15) is 66.2 Å². The van der Waals surface area contributed by atoms with E-state index in [-0.39, 0.29) is 5.41 Å². The van der Waals surface area contributed by atoms with Crippen molar-refractivity contribution in [2.45, 2.75) is 98.5 Å². The van der Waals surface area contributed by atoms with Crippen molar-refractivity contribution in [1.29, 1.82) is 0 Å². The molecule has 2 rings (SSSR count). The zero-order valence-corrected chi connectivity index (χ0v) is 25.5. The Bertz CT molecular complexity index is 863. The lowest BCUT2D eigenvalue weighted by atomic mass is 9.88. The quantitative estimate of drug-likeness (QED) is 0.200. The molecule has 34 heavy (non-hydrogen) atoms. The first kappa shape index (κ1) is 28.6. The van der Waals surface area contributed by atoms with Gasteiger partial charge < -0.3 is 4.57 Å². The molecular formula is C31H51NSi2. The third-order valence-corrected chi connectivity index (χ3v) is 14.1. The number of benzene rings is 2. The van der Waals surface area contributed by atoms with E-state index in [0.717, 1.165) is 0 Å². The van der Waals surface area contributed by atoms with Crippen LogP contribution in [-0.4, -0.2) is 27.4 Å². The minimum absolute atomic E-state index is 0.166. The minimum Gasteiger partial charge on any atom is -0.400 e. The Labute approximate surface area is 213 Å². The van der Waals surface area contributed by atoms with Gasteiger partial charge in [0.15, 0.2) is 8.24 Å². The summed E-state index contributed by atoms with van der Waals surface area (Å²) in [6.45, 7) is 20.9. The molecule has 0 amide bonds. The Morgan fingerprint density at radius 3 is 1.76 bits per heavy atom. The molecule has 0 saturated heterocycles. The fourth-order valence-corrected chi connectivity index (χ4v) is 10.1. The van der Waals surface area contributed by atoms with E-state index in [1.807, 2.05) is 0 Å². The summed E-state index contributed by atoms with van der Waals surface area (Å²) in [5.41, 5.74) is 1.79. The van der Waals surface area contributed by atoms with Gasteiger partial charge in [0.1, 0.15) is 0 Å². The summed E-state index contributed by atoms with van der Waals surface area (Å²) < 4.78 is 2.80. The van der Waals surface area contributed by atoms with E-state index in [9.17, 15) is 0 Å². The zero-order chi connectivity index (χ0) is 25.2. The van der Waals surface area contributed by atoms with E-state index in [2.05, 4.69) is 125 Å². The number of hydrogen-bond donors (Lipinski definition) is 0. The topological polar surface area (TPSA) is 3.24 Å². The van der Waals surface area contributed by atoms with Gasteiger partial charge in [-0.2, -0.15) is 0 Å². The predicted octanol–water partition coefficient (Wildman–Crippen LogP) is 8.31. The van der Waals surface area contributed by atoms with E-state index >= 15 is 0 Å². The van der Waals surface area contributed by atoms with Crippen molar-refractivity contribution in [3.63, 3.8) is 0 Å². The normalized spacial score (nSPS) is 13.2. The maximum atomic E-state index is 2.80. The standard InChI is InChI=1S/C31H51NSi2/c1-9-10-11-12-13-20-25-32(34(7,8)30-23-18-15-19-24-30)26-28(31(2,3)4)27-33(5,6)29-21-16-14-17-22-29/h14-19,21-24,26H,9-13,20,25,27H2,1-8H3/b28-26-. The van der Waals surface area contributed by atoms with Gasteiger partial charge in [-0.1, -0.05) is 144 Å². The number of unbranched alkanes of at least 4 members (excludes halogenated alkanes) is 5. The van der Waals surface area contributed by atoms with Crippen LogP contribution in [0.3, 0.4) is 0 Å². The van der Waals surface area contributed by atoms with E-state index in [1.165, 1.54) is 56.3 Å². The van der Waals surface area contributed by atoms with Gasteiger partial charge in [-0.05, 0) is 42.4 Å². The van der Waals surface area contributed by atoms with Crippen molar-refractivity contribution < 1.29 is 0 Å². The molecule has 0 aromatic heterocycles. The third kappa shape index (κ3) is 8.57. The Morgan fingerprint density at radius 1 is 0.735 bits per heavy atom. The fraction of sp³-hybridized carbons (Fsp3) is 0.548. The van der Waals surface area contributed by atoms with Crippen molar-refractivity contribution >= 4 is 26.7 Å². The van der Waals surface area contributed by atoms with Crippen LogP contribution in [0.5, 0.6) is 0 Å². The van der Waals surface area contributed by atoms with Crippen molar-refractivity contribution in [3.8, 4) is 0 Å². The van der Waals surface area contributed by atoms with Crippen LogP contribution in [0.15, 0.2) is 72.4 Å². The molecule has 0 aliphatic carbocycles. The summed E-state index contributed by atoms with van der Waals surface area (Å²) >= 11 is 0. The molecule has 0 fully saturated rings. The van der Waals surface area contributed by atoms with Gasteiger partial charge in [0.05, 0.1) is 8.07 Å². The van der Waals surface area contributed by atoms with E-state index in [0.29, 0.717) is 0 Å². The average Bonchev–Trinajstić information content (AvgIpc) is 2.80. The lowest BCUT2D eigenvalue weighted by Gasteiger charge is -2.40. The summed E-state index contributed by atoms with van der Waals surface area (Å²) in [6.07, 6.45) is 10.7. The molecule has 0 aliphatic heterocycles. The fourth-order valence-electron chi connectivity index (χ4n) is 4.74. The second kappa shape index (κ2) is 12.9. The molecule has 0 N–H and O–H groups in total. The van der Waals surface area contributed by atoms with Gasteiger partial charge in [-0.15, -0.1) is 0 Å². The third-order valence-electron chi connectivity index (χ3n) is 7.41. The highest BCUT2D eigenvalue weighted by molar-refractivity contribution is 6.90. The zero-order valence-electron chi connectivity index (χ0n) is 23.5. The van der Waals surface area contributed by atoms with Crippen LogP contribution >= 0.6 is 0 Å². The highest BCUT2D eigenvalue weighted by atomic mass is 28.3. The monoisotopic (exact) mass is 493 g/mol. The van der Waals surface area contributed by atoms with Crippen LogP contribution < -0.4 is 10.4 Å². The summed E-state index contributed by atoms with van der Waals surface area (Å²) in [4.78, 5) is 0. The van der Waals surface area contributed by atoms with E-state index in [4.69, 9.17) is 0 Å². The van der Waals surface area contributed by atoms with Gasteiger partial charge >= 0.3 is 0 Å². The number of rotatable bonds is 13. The SMILES string of the molecule is CCCCCCCCN(/C=C(/C[Si](C)(C)c1ccccc1)C(C)(C)C)[Si](C)(C)c1ccccc1. The maximum absolute atomic E-state index is 2.80. The first-order chi connectivity index (χ1) is 16.0. The van der Waals surface area contributed by atoms with E-state index < -0.39 is 16.3 Å². The molecule has 2 aromatic carbocycles. The van der Waals surface area contributed by atoms with Crippen LogP contribution in [0.4, 0.5) is 0 Å². The van der Waals surface area contributed by atoms with E-state index in [1.54, 1.807) is 10.8 Å². The van der Waals surface area contributed by atoms with Gasteiger partial charge in [-0.25, -0.2) is 0 Å². The van der Waals surface area contributed by atoms with Crippen LogP contribution in [0, 0.1) is 5.41 Å². The molecule has 1 nitrogen and oxygen atoms in total. The molecule has 0 atom stereocenters. The van der Waals surface area contributed by atoms with Crippen molar-refractivity contribution in [2.24, 2.45) is 5.41 Å². The highest BCUT2D eigenvalue weighted by Gasteiger charge is 2.33. The van der Waals surface area contributed by atoms with Crippen LogP contribution in [0.25, 0.3) is 0 Å². The molecule has 188 valence electrons. The largest absolute Gasteiger partial charge is 0.400 e.